The van der Waals surface area contributed by atoms with E-state index in [0.717, 1.165) is 0 Å². The van der Waals surface area contributed by atoms with Crippen molar-refractivity contribution < 1.29 is 28.6 Å². The molecule has 9 heteroatoms. The van der Waals surface area contributed by atoms with Gasteiger partial charge in [-0.3, -0.25) is 9.59 Å². The third-order valence-electron chi connectivity index (χ3n) is 4.66. The number of hydrogen-bond donors (Lipinski definition) is 1. The molecule has 0 aromatic heterocycles. The molecule has 0 atom stereocenters. The summed E-state index contributed by atoms with van der Waals surface area (Å²) in [7, 11) is 1.26. The zero-order valence-corrected chi connectivity index (χ0v) is 15.7. The molecule has 2 aliphatic rings. The molecule has 0 saturated carbocycles. The van der Waals surface area contributed by atoms with Crippen LogP contribution in [0.2, 0.25) is 5.02 Å². The maximum Gasteiger partial charge on any atom is 0.337 e. The monoisotopic (exact) mass is 396 g/mol. The highest BCUT2D eigenvalue weighted by atomic mass is 35.5. The molecular formula is C18H21ClN2O6. The molecule has 2 heterocycles. The fraction of sp³-hybridized carbons (Fsp3) is 0.500. The predicted octanol–water partition coefficient (Wildman–Crippen LogP) is 1.82. The van der Waals surface area contributed by atoms with Gasteiger partial charge in [-0.25, -0.2) is 4.79 Å². The van der Waals surface area contributed by atoms with E-state index in [0.29, 0.717) is 39.1 Å². The lowest BCUT2D eigenvalue weighted by atomic mass is 10.0. The van der Waals surface area contributed by atoms with Crippen LogP contribution in [0, 0.1) is 0 Å². The number of carbonyl (C=O) groups excluding carboxylic acids is 3. The van der Waals surface area contributed by atoms with Gasteiger partial charge in [-0.05, 0) is 18.2 Å². The van der Waals surface area contributed by atoms with E-state index in [2.05, 4.69) is 10.1 Å². The minimum absolute atomic E-state index is 0.251. The van der Waals surface area contributed by atoms with Crippen LogP contribution in [-0.4, -0.2) is 61.9 Å². The number of rotatable bonds is 4. The number of anilines is 1. The van der Waals surface area contributed by atoms with Crippen molar-refractivity contribution in [2.75, 3.05) is 38.7 Å². The fourth-order valence-corrected chi connectivity index (χ4v) is 3.36. The Morgan fingerprint density at radius 3 is 2.52 bits per heavy atom. The number of hydrogen-bond acceptors (Lipinski definition) is 6. The van der Waals surface area contributed by atoms with Crippen LogP contribution >= 0.6 is 11.6 Å². The van der Waals surface area contributed by atoms with Gasteiger partial charge >= 0.3 is 5.97 Å². The number of likely N-dealkylation sites (tertiary alicyclic amines) is 1. The SMILES string of the molecule is COC(=O)c1ccc(Cl)c(NC(=O)CC(=O)N2CCC3(CC2)OCCO3)c1. The number of piperidine rings is 1. The van der Waals surface area contributed by atoms with Crippen molar-refractivity contribution in [3.05, 3.63) is 28.8 Å². The predicted molar refractivity (Wildman–Crippen MR) is 96.5 cm³/mol. The standard InChI is InChI=1S/C18H21ClN2O6/c1-25-17(24)12-2-3-13(19)14(10-12)20-15(22)11-16(23)21-6-4-18(5-7-21)26-8-9-27-18/h2-3,10H,4-9,11H2,1H3,(H,20,22). The largest absolute Gasteiger partial charge is 0.465 e. The second-order valence-electron chi connectivity index (χ2n) is 6.40. The van der Waals surface area contributed by atoms with Gasteiger partial charge in [-0.2, -0.15) is 0 Å². The molecule has 2 aliphatic heterocycles. The van der Waals surface area contributed by atoms with E-state index < -0.39 is 17.7 Å². The first kappa shape index (κ1) is 19.6. The van der Waals surface area contributed by atoms with Crippen LogP contribution in [0.4, 0.5) is 5.69 Å². The molecule has 1 N–H and O–H groups in total. The van der Waals surface area contributed by atoms with Gasteiger partial charge in [-0.1, -0.05) is 11.6 Å². The van der Waals surface area contributed by atoms with Crippen molar-refractivity contribution >= 4 is 35.1 Å². The quantitative estimate of drug-likeness (QED) is 0.616. The summed E-state index contributed by atoms with van der Waals surface area (Å²) in [5.74, 6) is -1.89. The first-order chi connectivity index (χ1) is 12.9. The summed E-state index contributed by atoms with van der Waals surface area (Å²) in [5.41, 5.74) is 0.504. The van der Waals surface area contributed by atoms with Crippen LogP contribution in [-0.2, 0) is 23.8 Å². The number of nitrogens with zero attached hydrogens (tertiary/aromatic N) is 1. The lowest BCUT2D eigenvalue weighted by molar-refractivity contribution is -0.187. The summed E-state index contributed by atoms with van der Waals surface area (Å²) in [6, 6.07) is 4.39. The second kappa shape index (κ2) is 8.24. The summed E-state index contributed by atoms with van der Waals surface area (Å²) in [5, 5.41) is 2.84. The molecule has 2 fully saturated rings. The van der Waals surface area contributed by atoms with E-state index >= 15 is 0 Å². The first-order valence-corrected chi connectivity index (χ1v) is 9.04. The van der Waals surface area contributed by atoms with Crippen molar-refractivity contribution in [3.8, 4) is 0 Å². The van der Waals surface area contributed by atoms with Gasteiger partial charge in [0, 0.05) is 25.9 Å². The Bertz CT molecular complexity index is 737. The van der Waals surface area contributed by atoms with Gasteiger partial charge < -0.3 is 24.4 Å². The van der Waals surface area contributed by atoms with E-state index in [1.54, 1.807) is 4.90 Å². The maximum absolute atomic E-state index is 12.4. The molecule has 27 heavy (non-hydrogen) atoms. The molecule has 1 spiro atoms. The molecule has 2 amide bonds. The van der Waals surface area contributed by atoms with E-state index in [1.165, 1.54) is 25.3 Å². The minimum atomic E-state index is -0.569. The smallest absolute Gasteiger partial charge is 0.337 e. The molecule has 1 aromatic carbocycles. The molecule has 0 radical (unpaired) electrons. The number of amides is 2. The summed E-state index contributed by atoms with van der Waals surface area (Å²) >= 11 is 6.05. The Labute approximate surface area is 161 Å². The third-order valence-corrected chi connectivity index (χ3v) is 4.99. The lowest BCUT2D eigenvalue weighted by Crippen LogP contribution is -2.47. The van der Waals surface area contributed by atoms with Gasteiger partial charge in [0.2, 0.25) is 11.8 Å². The van der Waals surface area contributed by atoms with Crippen LogP contribution in [0.5, 0.6) is 0 Å². The third kappa shape index (κ3) is 4.58. The molecule has 8 nitrogen and oxygen atoms in total. The molecule has 0 unspecified atom stereocenters. The summed E-state index contributed by atoms with van der Waals surface area (Å²) in [4.78, 5) is 37.8. The van der Waals surface area contributed by atoms with Crippen LogP contribution in [0.3, 0.4) is 0 Å². The molecular weight excluding hydrogens is 376 g/mol. The van der Waals surface area contributed by atoms with Gasteiger partial charge in [0.15, 0.2) is 5.79 Å². The minimum Gasteiger partial charge on any atom is -0.465 e. The van der Waals surface area contributed by atoms with Gasteiger partial charge in [0.05, 0.1) is 36.6 Å². The molecule has 0 bridgehead atoms. The zero-order valence-electron chi connectivity index (χ0n) is 15.0. The number of benzene rings is 1. The Hall–Kier alpha value is -2.16. The van der Waals surface area contributed by atoms with Crippen molar-refractivity contribution in [2.24, 2.45) is 0 Å². The Morgan fingerprint density at radius 1 is 1.22 bits per heavy atom. The Morgan fingerprint density at radius 2 is 1.89 bits per heavy atom. The topological polar surface area (TPSA) is 94.2 Å². The summed E-state index contributed by atoms with van der Waals surface area (Å²) < 4.78 is 15.9. The average molecular weight is 397 g/mol. The van der Waals surface area contributed by atoms with Crippen LogP contribution in [0.25, 0.3) is 0 Å². The van der Waals surface area contributed by atoms with E-state index in [-0.39, 0.29) is 28.6 Å². The average Bonchev–Trinajstić information content (AvgIpc) is 3.11. The molecule has 2 saturated heterocycles. The highest BCUT2D eigenvalue weighted by Crippen LogP contribution is 2.31. The highest BCUT2D eigenvalue weighted by molar-refractivity contribution is 6.34. The lowest BCUT2D eigenvalue weighted by Gasteiger charge is -2.37. The van der Waals surface area contributed by atoms with Crippen LogP contribution in [0.15, 0.2) is 18.2 Å². The zero-order chi connectivity index (χ0) is 19.4. The molecule has 0 aliphatic carbocycles. The highest BCUT2D eigenvalue weighted by Gasteiger charge is 2.40. The van der Waals surface area contributed by atoms with Crippen molar-refractivity contribution in [3.63, 3.8) is 0 Å². The molecule has 1 aromatic rings. The number of carbonyl (C=O) groups is 3. The molecule has 146 valence electrons. The number of esters is 1. The van der Waals surface area contributed by atoms with Crippen LogP contribution < -0.4 is 5.32 Å². The van der Waals surface area contributed by atoms with Gasteiger partial charge in [0.1, 0.15) is 6.42 Å². The first-order valence-electron chi connectivity index (χ1n) is 8.66. The molecule has 3 rings (SSSR count). The van der Waals surface area contributed by atoms with E-state index in [4.69, 9.17) is 21.1 Å². The maximum atomic E-state index is 12.4. The van der Waals surface area contributed by atoms with E-state index in [9.17, 15) is 14.4 Å². The number of methoxy groups -OCH3 is 1. The van der Waals surface area contributed by atoms with E-state index in [1.807, 2.05) is 0 Å². The Balaban J connectivity index is 1.55. The second-order valence-corrected chi connectivity index (χ2v) is 6.81. The summed E-state index contributed by atoms with van der Waals surface area (Å²) in [6.07, 6.45) is 0.869. The van der Waals surface area contributed by atoms with Crippen molar-refractivity contribution in [1.29, 1.82) is 0 Å². The summed E-state index contributed by atoms with van der Waals surface area (Å²) in [6.45, 7) is 2.10. The van der Waals surface area contributed by atoms with Crippen LogP contribution in [0.1, 0.15) is 29.6 Å². The normalized spacial score (nSPS) is 18.4. The van der Waals surface area contributed by atoms with Crippen molar-refractivity contribution in [1.82, 2.24) is 4.90 Å². The van der Waals surface area contributed by atoms with Crippen molar-refractivity contribution in [2.45, 2.75) is 25.0 Å². The fourth-order valence-electron chi connectivity index (χ4n) is 3.19. The number of ether oxygens (including phenoxy) is 3. The van der Waals surface area contributed by atoms with Gasteiger partial charge in [0.25, 0.3) is 0 Å². The van der Waals surface area contributed by atoms with Gasteiger partial charge in [-0.15, -0.1) is 0 Å². The number of halogens is 1. The number of nitrogens with one attached hydrogen (secondary N) is 1. The Kier molecular flexibility index (Phi) is 5.98.